The molecule has 106 valence electrons. The smallest absolute Gasteiger partial charge is 0.273 e. The molecular weight excluding hydrogens is 294 g/mol. The molecule has 0 saturated carbocycles. The van der Waals surface area contributed by atoms with Crippen LogP contribution in [0.5, 0.6) is 0 Å². The van der Waals surface area contributed by atoms with Gasteiger partial charge in [0.1, 0.15) is 0 Å². The van der Waals surface area contributed by atoms with Gasteiger partial charge in [0.15, 0.2) is 0 Å². The average Bonchev–Trinajstić information content (AvgIpc) is 2.81. The quantitative estimate of drug-likeness (QED) is 0.575. The van der Waals surface area contributed by atoms with Crippen LogP contribution in [0.4, 0.5) is 5.69 Å². The number of hydrogen-bond donors (Lipinski definition) is 2. The van der Waals surface area contributed by atoms with Crippen LogP contribution in [-0.4, -0.2) is 15.1 Å². The lowest BCUT2D eigenvalue weighted by Crippen LogP contribution is -2.00. The summed E-state index contributed by atoms with van der Waals surface area (Å²) in [5.74, 6) is 0. The minimum absolute atomic E-state index is 0.0671. The predicted molar refractivity (Wildman–Crippen MR) is 79.8 cm³/mol. The summed E-state index contributed by atoms with van der Waals surface area (Å²) in [6, 6.07) is 10.0. The summed E-state index contributed by atoms with van der Waals surface area (Å²) in [5, 5.41) is 17.2. The minimum atomic E-state index is -0.475. The van der Waals surface area contributed by atoms with Gasteiger partial charge in [0.05, 0.1) is 15.8 Å². The largest absolute Gasteiger partial charge is 0.298 e. The maximum atomic E-state index is 11.5. The first-order valence-corrected chi connectivity index (χ1v) is 6.54. The molecule has 0 atom stereocenters. The van der Waals surface area contributed by atoms with Gasteiger partial charge < -0.3 is 0 Å². The van der Waals surface area contributed by atoms with E-state index in [2.05, 4.69) is 10.2 Å². The highest BCUT2D eigenvalue weighted by molar-refractivity contribution is 6.30. The Kier molecular flexibility index (Phi) is 3.23. The Labute approximate surface area is 123 Å². The van der Waals surface area contributed by atoms with Crippen molar-refractivity contribution >= 4 is 28.2 Å². The Balaban J connectivity index is 2.11. The lowest BCUT2D eigenvalue weighted by atomic mass is 10.0. The number of rotatable bonds is 3. The zero-order valence-corrected chi connectivity index (χ0v) is 11.5. The summed E-state index contributed by atoms with van der Waals surface area (Å²) in [7, 11) is 0. The summed E-state index contributed by atoms with van der Waals surface area (Å²) in [6.45, 7) is 0. The van der Waals surface area contributed by atoms with Gasteiger partial charge in [-0.05, 0) is 23.8 Å². The minimum Gasteiger partial charge on any atom is -0.298 e. The van der Waals surface area contributed by atoms with Gasteiger partial charge in [-0.3, -0.25) is 25.1 Å². The number of hydrogen-bond acceptors (Lipinski definition) is 3. The van der Waals surface area contributed by atoms with Crippen LogP contribution in [0.3, 0.4) is 0 Å². The molecule has 1 heterocycles. The van der Waals surface area contributed by atoms with Crippen LogP contribution in [0.2, 0.25) is 5.02 Å². The predicted octanol–water partition coefficient (Wildman–Crippen LogP) is 3.01. The number of fused-ring (bicyclic) bond motifs is 1. The maximum Gasteiger partial charge on any atom is 0.273 e. The highest BCUT2D eigenvalue weighted by Gasteiger charge is 2.17. The van der Waals surface area contributed by atoms with Gasteiger partial charge in [-0.1, -0.05) is 23.7 Å². The van der Waals surface area contributed by atoms with E-state index in [0.29, 0.717) is 22.5 Å². The molecular formula is C14H10ClN3O3. The Morgan fingerprint density at radius 2 is 1.86 bits per heavy atom. The number of benzene rings is 2. The fourth-order valence-corrected chi connectivity index (χ4v) is 2.38. The lowest BCUT2D eigenvalue weighted by Gasteiger charge is -2.04. The van der Waals surface area contributed by atoms with E-state index in [1.54, 1.807) is 18.2 Å². The van der Waals surface area contributed by atoms with E-state index in [4.69, 9.17) is 11.6 Å². The normalized spacial score (nSPS) is 10.9. The second-order valence-corrected chi connectivity index (χ2v) is 5.10. The van der Waals surface area contributed by atoms with Crippen molar-refractivity contribution in [2.75, 3.05) is 0 Å². The second kappa shape index (κ2) is 5.06. The zero-order chi connectivity index (χ0) is 15.0. The summed E-state index contributed by atoms with van der Waals surface area (Å²) in [5.41, 5.74) is 1.55. The summed E-state index contributed by atoms with van der Waals surface area (Å²) in [6.07, 6.45) is 0.386. The van der Waals surface area contributed by atoms with Crippen LogP contribution in [0.15, 0.2) is 41.2 Å². The monoisotopic (exact) mass is 303 g/mol. The van der Waals surface area contributed by atoms with Crippen molar-refractivity contribution in [1.29, 1.82) is 0 Å². The molecule has 3 aromatic rings. The fourth-order valence-electron chi connectivity index (χ4n) is 2.25. The van der Waals surface area contributed by atoms with Gasteiger partial charge in [0.25, 0.3) is 11.2 Å². The Morgan fingerprint density at radius 1 is 1.14 bits per heavy atom. The third kappa shape index (κ3) is 2.53. The standard InChI is InChI=1S/C14H10ClN3O3/c15-10-3-1-8(2-4-10)5-9-6-12-11(14(19)17-16-12)7-13(9)18(20)21/h1-4,6-7H,5H2,(H2,16,17,19). The first-order chi connectivity index (χ1) is 10.0. The number of aromatic amines is 2. The van der Waals surface area contributed by atoms with Crippen LogP contribution in [0, 0.1) is 10.1 Å². The first kappa shape index (κ1) is 13.4. The van der Waals surface area contributed by atoms with Crippen LogP contribution in [0.25, 0.3) is 10.9 Å². The van der Waals surface area contributed by atoms with Crippen LogP contribution < -0.4 is 5.56 Å². The van der Waals surface area contributed by atoms with E-state index >= 15 is 0 Å². The Hall–Kier alpha value is -2.60. The van der Waals surface area contributed by atoms with Crippen molar-refractivity contribution < 1.29 is 4.92 Å². The maximum absolute atomic E-state index is 11.5. The van der Waals surface area contributed by atoms with E-state index in [9.17, 15) is 14.9 Å². The molecule has 0 radical (unpaired) electrons. The van der Waals surface area contributed by atoms with Gasteiger partial charge in [0.2, 0.25) is 0 Å². The van der Waals surface area contributed by atoms with Crippen LogP contribution >= 0.6 is 11.6 Å². The van der Waals surface area contributed by atoms with Gasteiger partial charge >= 0.3 is 0 Å². The number of nitro benzene ring substituents is 1. The molecule has 2 aromatic carbocycles. The van der Waals surface area contributed by atoms with Gasteiger partial charge in [-0.25, -0.2) is 0 Å². The lowest BCUT2D eigenvalue weighted by molar-refractivity contribution is -0.385. The van der Waals surface area contributed by atoms with Crippen molar-refractivity contribution in [3.63, 3.8) is 0 Å². The van der Waals surface area contributed by atoms with E-state index in [1.807, 2.05) is 12.1 Å². The van der Waals surface area contributed by atoms with E-state index in [0.717, 1.165) is 5.56 Å². The molecule has 0 amide bonds. The molecule has 0 aliphatic carbocycles. The second-order valence-electron chi connectivity index (χ2n) is 4.67. The number of halogens is 1. The van der Waals surface area contributed by atoms with Crippen molar-refractivity contribution in [3.8, 4) is 0 Å². The third-order valence-electron chi connectivity index (χ3n) is 3.28. The highest BCUT2D eigenvalue weighted by Crippen LogP contribution is 2.26. The van der Waals surface area contributed by atoms with Crippen molar-refractivity contribution in [2.24, 2.45) is 0 Å². The molecule has 0 unspecified atom stereocenters. The number of H-pyrrole nitrogens is 2. The van der Waals surface area contributed by atoms with E-state index in [1.165, 1.54) is 6.07 Å². The number of nitrogens with one attached hydrogen (secondary N) is 2. The summed E-state index contributed by atoms with van der Waals surface area (Å²) < 4.78 is 0. The van der Waals surface area contributed by atoms with Gasteiger partial charge in [-0.15, -0.1) is 0 Å². The molecule has 0 spiro atoms. The molecule has 0 saturated heterocycles. The molecule has 3 rings (SSSR count). The highest BCUT2D eigenvalue weighted by atomic mass is 35.5. The van der Waals surface area contributed by atoms with Crippen LogP contribution in [0.1, 0.15) is 11.1 Å². The molecule has 0 aliphatic rings. The first-order valence-electron chi connectivity index (χ1n) is 6.17. The molecule has 6 nitrogen and oxygen atoms in total. The van der Waals surface area contributed by atoms with Crippen molar-refractivity contribution in [2.45, 2.75) is 6.42 Å². The third-order valence-corrected chi connectivity index (χ3v) is 3.53. The fraction of sp³-hybridized carbons (Fsp3) is 0.0714. The van der Waals surface area contributed by atoms with Crippen LogP contribution in [-0.2, 0) is 6.42 Å². The van der Waals surface area contributed by atoms with Gasteiger partial charge in [0, 0.05) is 23.1 Å². The summed E-state index contributed by atoms with van der Waals surface area (Å²) in [4.78, 5) is 22.3. The average molecular weight is 304 g/mol. The number of nitro groups is 1. The molecule has 21 heavy (non-hydrogen) atoms. The molecule has 0 bridgehead atoms. The van der Waals surface area contributed by atoms with E-state index < -0.39 is 4.92 Å². The molecule has 2 N–H and O–H groups in total. The van der Waals surface area contributed by atoms with Crippen molar-refractivity contribution in [1.82, 2.24) is 10.2 Å². The Bertz CT molecular complexity index is 881. The SMILES string of the molecule is O=c1[nH][nH]c2cc(Cc3ccc(Cl)cc3)c([N+](=O)[O-])cc12. The molecule has 0 aliphatic heterocycles. The molecule has 7 heteroatoms. The molecule has 0 fully saturated rings. The zero-order valence-electron chi connectivity index (χ0n) is 10.7. The van der Waals surface area contributed by atoms with E-state index in [-0.39, 0.29) is 16.6 Å². The topological polar surface area (TPSA) is 91.8 Å². The van der Waals surface area contributed by atoms with Gasteiger partial charge in [-0.2, -0.15) is 0 Å². The number of nitrogens with zero attached hydrogens (tertiary/aromatic N) is 1. The summed E-state index contributed by atoms with van der Waals surface area (Å²) >= 11 is 5.83. The number of aromatic nitrogens is 2. The molecule has 1 aromatic heterocycles. The Morgan fingerprint density at radius 3 is 2.52 bits per heavy atom. The van der Waals surface area contributed by atoms with Crippen molar-refractivity contribution in [3.05, 3.63) is 73.0 Å².